The molecule has 0 aliphatic rings. The highest BCUT2D eigenvalue weighted by Gasteiger charge is 2.06. The molecular formula is C10H13ClN6. The largest absolute Gasteiger partial charge is 0.362 e. The number of aryl methyl sites for hydroxylation is 1. The van der Waals surface area contributed by atoms with Crippen LogP contribution in [0.5, 0.6) is 0 Å². The maximum atomic E-state index is 5.91. The summed E-state index contributed by atoms with van der Waals surface area (Å²) < 4.78 is 1.96. The lowest BCUT2D eigenvalue weighted by atomic mass is 10.3. The van der Waals surface area contributed by atoms with Gasteiger partial charge in [-0.25, -0.2) is 9.97 Å². The quantitative estimate of drug-likeness (QED) is 0.839. The van der Waals surface area contributed by atoms with E-state index < -0.39 is 0 Å². The lowest BCUT2D eigenvalue weighted by molar-refractivity contribution is 0.707. The first-order valence-corrected chi connectivity index (χ1v) is 5.67. The number of hydrogen-bond acceptors (Lipinski definition) is 5. The lowest BCUT2D eigenvalue weighted by Gasteiger charge is -2.08. The smallest absolute Gasteiger partial charge is 0.152 e. The normalized spacial score (nSPS) is 10.5. The third kappa shape index (κ3) is 2.52. The summed E-state index contributed by atoms with van der Waals surface area (Å²) in [5.74, 6) is 1.58. The van der Waals surface area contributed by atoms with E-state index in [-0.39, 0.29) is 0 Å². The second-order valence-corrected chi connectivity index (χ2v) is 3.88. The molecule has 0 aromatic carbocycles. The van der Waals surface area contributed by atoms with E-state index >= 15 is 0 Å². The summed E-state index contributed by atoms with van der Waals surface area (Å²) in [6, 6.07) is 0. The SMILES string of the molecule is CCn1cnnc1CNc1ncnc(Cl)c1C. The van der Waals surface area contributed by atoms with Gasteiger partial charge < -0.3 is 9.88 Å². The first kappa shape index (κ1) is 11.8. The summed E-state index contributed by atoms with van der Waals surface area (Å²) in [4.78, 5) is 8.03. The Balaban J connectivity index is 2.10. The summed E-state index contributed by atoms with van der Waals surface area (Å²) in [6.45, 7) is 5.31. The van der Waals surface area contributed by atoms with Crippen LogP contribution in [-0.4, -0.2) is 24.7 Å². The monoisotopic (exact) mass is 252 g/mol. The molecule has 0 spiro atoms. The third-order valence-electron chi connectivity index (χ3n) is 2.47. The van der Waals surface area contributed by atoms with Crippen molar-refractivity contribution in [2.45, 2.75) is 26.9 Å². The lowest BCUT2D eigenvalue weighted by Crippen LogP contribution is -2.09. The molecule has 17 heavy (non-hydrogen) atoms. The average molecular weight is 253 g/mol. The van der Waals surface area contributed by atoms with Crippen LogP contribution in [0.3, 0.4) is 0 Å². The van der Waals surface area contributed by atoms with Crippen molar-refractivity contribution in [2.24, 2.45) is 0 Å². The van der Waals surface area contributed by atoms with Gasteiger partial charge in [-0.15, -0.1) is 10.2 Å². The maximum absolute atomic E-state index is 5.91. The van der Waals surface area contributed by atoms with Crippen molar-refractivity contribution in [1.29, 1.82) is 0 Å². The standard InChI is InChI=1S/C10H13ClN6/c1-3-17-6-15-16-8(17)4-12-10-7(2)9(11)13-5-14-10/h5-6H,3-4H2,1-2H3,(H,12,13,14). The highest BCUT2D eigenvalue weighted by Crippen LogP contribution is 2.18. The zero-order valence-electron chi connectivity index (χ0n) is 9.68. The Morgan fingerprint density at radius 1 is 1.41 bits per heavy atom. The molecule has 0 radical (unpaired) electrons. The Hall–Kier alpha value is -1.69. The fourth-order valence-corrected chi connectivity index (χ4v) is 1.58. The Morgan fingerprint density at radius 3 is 3.00 bits per heavy atom. The number of anilines is 1. The van der Waals surface area contributed by atoms with Gasteiger partial charge in [0, 0.05) is 12.1 Å². The van der Waals surface area contributed by atoms with Crippen LogP contribution in [0.15, 0.2) is 12.7 Å². The van der Waals surface area contributed by atoms with Crippen molar-refractivity contribution in [3.05, 3.63) is 29.2 Å². The molecule has 0 fully saturated rings. The van der Waals surface area contributed by atoms with Gasteiger partial charge in [0.15, 0.2) is 5.82 Å². The first-order valence-electron chi connectivity index (χ1n) is 5.30. The number of aromatic nitrogens is 5. The van der Waals surface area contributed by atoms with Gasteiger partial charge in [0.05, 0.1) is 6.54 Å². The van der Waals surface area contributed by atoms with Gasteiger partial charge in [-0.1, -0.05) is 11.6 Å². The van der Waals surface area contributed by atoms with Gasteiger partial charge in [0.1, 0.15) is 23.6 Å². The number of hydrogen-bond donors (Lipinski definition) is 1. The summed E-state index contributed by atoms with van der Waals surface area (Å²) in [5, 5.41) is 11.5. The van der Waals surface area contributed by atoms with Crippen LogP contribution in [0.2, 0.25) is 5.15 Å². The molecule has 0 saturated carbocycles. The molecule has 90 valence electrons. The van der Waals surface area contributed by atoms with E-state index in [0.717, 1.165) is 23.8 Å². The van der Waals surface area contributed by atoms with Crippen molar-refractivity contribution in [2.75, 3.05) is 5.32 Å². The van der Waals surface area contributed by atoms with Crippen molar-refractivity contribution in [3.63, 3.8) is 0 Å². The zero-order valence-corrected chi connectivity index (χ0v) is 10.4. The Bertz CT molecular complexity index is 509. The van der Waals surface area contributed by atoms with Crippen LogP contribution in [0.1, 0.15) is 18.3 Å². The Labute approximate surface area is 104 Å². The molecule has 7 heteroatoms. The number of halogens is 1. The molecule has 0 bridgehead atoms. The van der Waals surface area contributed by atoms with E-state index in [0.29, 0.717) is 11.7 Å². The summed E-state index contributed by atoms with van der Waals surface area (Å²) in [7, 11) is 0. The minimum Gasteiger partial charge on any atom is -0.362 e. The van der Waals surface area contributed by atoms with E-state index in [1.807, 2.05) is 18.4 Å². The molecule has 0 aliphatic heterocycles. The molecule has 2 rings (SSSR count). The van der Waals surface area contributed by atoms with Crippen LogP contribution < -0.4 is 5.32 Å². The van der Waals surface area contributed by atoms with Crippen LogP contribution >= 0.6 is 11.6 Å². The van der Waals surface area contributed by atoms with E-state index in [1.54, 1.807) is 6.33 Å². The third-order valence-corrected chi connectivity index (χ3v) is 2.85. The minimum absolute atomic E-state index is 0.458. The Morgan fingerprint density at radius 2 is 2.24 bits per heavy atom. The van der Waals surface area contributed by atoms with Crippen molar-refractivity contribution >= 4 is 17.4 Å². The number of nitrogens with one attached hydrogen (secondary N) is 1. The molecular weight excluding hydrogens is 240 g/mol. The molecule has 1 N–H and O–H groups in total. The van der Waals surface area contributed by atoms with Gasteiger partial charge in [0.2, 0.25) is 0 Å². The van der Waals surface area contributed by atoms with Crippen LogP contribution in [-0.2, 0) is 13.1 Å². The molecule has 0 aliphatic carbocycles. The summed E-state index contributed by atoms with van der Waals surface area (Å²) >= 11 is 5.91. The second kappa shape index (κ2) is 5.09. The van der Waals surface area contributed by atoms with Crippen molar-refractivity contribution in [3.8, 4) is 0 Å². The molecule has 0 saturated heterocycles. The molecule has 6 nitrogen and oxygen atoms in total. The molecule has 0 amide bonds. The van der Waals surface area contributed by atoms with Gasteiger partial charge in [0.25, 0.3) is 0 Å². The summed E-state index contributed by atoms with van der Waals surface area (Å²) in [6.07, 6.45) is 3.14. The molecule has 0 unspecified atom stereocenters. The molecule has 2 aromatic rings. The predicted molar refractivity (Wildman–Crippen MR) is 64.8 cm³/mol. The molecule has 0 atom stereocenters. The van der Waals surface area contributed by atoms with Crippen molar-refractivity contribution < 1.29 is 0 Å². The average Bonchev–Trinajstić information content (AvgIpc) is 2.78. The van der Waals surface area contributed by atoms with E-state index in [1.165, 1.54) is 6.33 Å². The van der Waals surface area contributed by atoms with Gasteiger partial charge in [-0.2, -0.15) is 0 Å². The van der Waals surface area contributed by atoms with Crippen molar-refractivity contribution in [1.82, 2.24) is 24.7 Å². The molecule has 2 heterocycles. The fraction of sp³-hybridized carbons (Fsp3) is 0.400. The molecule has 2 aromatic heterocycles. The van der Waals surface area contributed by atoms with Gasteiger partial charge in [-0.05, 0) is 13.8 Å². The second-order valence-electron chi connectivity index (χ2n) is 3.52. The predicted octanol–water partition coefficient (Wildman–Crippen LogP) is 1.66. The first-order chi connectivity index (χ1) is 8.22. The zero-order chi connectivity index (χ0) is 12.3. The number of nitrogens with zero attached hydrogens (tertiary/aromatic N) is 5. The number of rotatable bonds is 4. The van der Waals surface area contributed by atoms with Gasteiger partial charge >= 0.3 is 0 Å². The van der Waals surface area contributed by atoms with Crippen LogP contribution in [0.4, 0.5) is 5.82 Å². The topological polar surface area (TPSA) is 68.5 Å². The van der Waals surface area contributed by atoms with E-state index in [4.69, 9.17) is 11.6 Å². The minimum atomic E-state index is 0.458. The van der Waals surface area contributed by atoms with E-state index in [9.17, 15) is 0 Å². The highest BCUT2D eigenvalue weighted by atomic mass is 35.5. The maximum Gasteiger partial charge on any atom is 0.152 e. The summed E-state index contributed by atoms with van der Waals surface area (Å²) in [5.41, 5.74) is 0.830. The Kier molecular flexibility index (Phi) is 3.53. The van der Waals surface area contributed by atoms with Gasteiger partial charge in [-0.3, -0.25) is 0 Å². The fourth-order valence-electron chi connectivity index (χ4n) is 1.45. The van der Waals surface area contributed by atoms with Crippen LogP contribution in [0, 0.1) is 6.92 Å². The van der Waals surface area contributed by atoms with E-state index in [2.05, 4.69) is 25.5 Å². The van der Waals surface area contributed by atoms with Crippen LogP contribution in [0.25, 0.3) is 0 Å². The highest BCUT2D eigenvalue weighted by molar-refractivity contribution is 6.30.